The molecule has 1 fully saturated rings. The van der Waals surface area contributed by atoms with Crippen molar-refractivity contribution in [1.82, 2.24) is 9.21 Å². The molecule has 1 saturated heterocycles. The predicted octanol–water partition coefficient (Wildman–Crippen LogP) is 1.03. The van der Waals surface area contributed by atoms with Gasteiger partial charge in [0.1, 0.15) is 0 Å². The van der Waals surface area contributed by atoms with E-state index in [9.17, 15) is 13.5 Å². The molecule has 1 aromatic carbocycles. The van der Waals surface area contributed by atoms with Crippen molar-refractivity contribution in [1.29, 1.82) is 0 Å². The molecule has 1 N–H and O–H groups in total. The number of aliphatic hydroxyl groups excluding tert-OH is 1. The first kappa shape index (κ1) is 15.7. The lowest BCUT2D eigenvalue weighted by molar-refractivity contribution is 0.188. The maximum atomic E-state index is 12.7. The van der Waals surface area contributed by atoms with E-state index in [0.29, 0.717) is 18.0 Å². The summed E-state index contributed by atoms with van der Waals surface area (Å²) in [5, 5.41) is 10.2. The zero-order valence-electron chi connectivity index (χ0n) is 11.5. The van der Waals surface area contributed by atoms with E-state index in [1.54, 1.807) is 12.1 Å². The van der Waals surface area contributed by atoms with Gasteiger partial charge in [0, 0.05) is 24.2 Å². The number of halogens is 1. The molecule has 1 aliphatic rings. The summed E-state index contributed by atoms with van der Waals surface area (Å²) in [5.74, 6) is 0. The third-order valence-corrected chi connectivity index (χ3v) is 5.47. The van der Waals surface area contributed by atoms with Crippen LogP contribution in [0.25, 0.3) is 0 Å². The molecule has 0 aliphatic carbocycles. The van der Waals surface area contributed by atoms with Crippen LogP contribution in [0.1, 0.15) is 6.42 Å². The maximum Gasteiger partial charge on any atom is 0.243 e. The van der Waals surface area contributed by atoms with Crippen LogP contribution in [0.3, 0.4) is 0 Å². The highest BCUT2D eigenvalue weighted by Gasteiger charge is 2.39. The minimum atomic E-state index is -3.63. The van der Waals surface area contributed by atoms with Gasteiger partial charge in [-0.05, 0) is 38.7 Å². The number of likely N-dealkylation sites (N-methyl/N-ethyl adjacent to an activating group) is 1. The molecule has 5 nitrogen and oxygen atoms in total. The second-order valence-electron chi connectivity index (χ2n) is 5.34. The number of hydrogen-bond acceptors (Lipinski definition) is 4. The Kier molecular flexibility index (Phi) is 4.71. The summed E-state index contributed by atoms with van der Waals surface area (Å²) < 4.78 is 26.7. The summed E-state index contributed by atoms with van der Waals surface area (Å²) in [4.78, 5) is 2.09. The van der Waals surface area contributed by atoms with Crippen LogP contribution in [-0.4, -0.2) is 62.1 Å². The van der Waals surface area contributed by atoms with Crippen LogP contribution < -0.4 is 0 Å². The van der Waals surface area contributed by atoms with E-state index in [1.807, 2.05) is 19.0 Å². The number of sulfonamides is 1. The fourth-order valence-electron chi connectivity index (χ4n) is 2.51. The van der Waals surface area contributed by atoms with Gasteiger partial charge in [-0.1, -0.05) is 17.7 Å². The average molecular weight is 319 g/mol. The Balaban J connectivity index is 2.32. The zero-order valence-corrected chi connectivity index (χ0v) is 13.1. The van der Waals surface area contributed by atoms with Crippen molar-refractivity contribution in [3.63, 3.8) is 0 Å². The van der Waals surface area contributed by atoms with E-state index in [-0.39, 0.29) is 17.5 Å². The van der Waals surface area contributed by atoms with E-state index in [2.05, 4.69) is 0 Å². The molecule has 0 amide bonds. The van der Waals surface area contributed by atoms with Gasteiger partial charge in [0.15, 0.2) is 0 Å². The van der Waals surface area contributed by atoms with Crippen LogP contribution in [0, 0.1) is 0 Å². The lowest BCUT2D eigenvalue weighted by atomic mass is 10.2. The summed E-state index contributed by atoms with van der Waals surface area (Å²) in [7, 11) is 0.141. The van der Waals surface area contributed by atoms with Crippen molar-refractivity contribution < 1.29 is 13.5 Å². The van der Waals surface area contributed by atoms with Crippen molar-refractivity contribution >= 4 is 21.6 Å². The summed E-state index contributed by atoms with van der Waals surface area (Å²) in [5.41, 5.74) is 0. The van der Waals surface area contributed by atoms with Gasteiger partial charge >= 0.3 is 0 Å². The molecule has 0 spiro atoms. The van der Waals surface area contributed by atoms with Crippen molar-refractivity contribution in [3.8, 4) is 0 Å². The number of hydrogen-bond donors (Lipinski definition) is 1. The van der Waals surface area contributed by atoms with Gasteiger partial charge in [0.05, 0.1) is 11.0 Å². The highest BCUT2D eigenvalue weighted by Crippen LogP contribution is 2.27. The minimum absolute atomic E-state index is 0.132. The maximum absolute atomic E-state index is 12.7. The average Bonchev–Trinajstić information content (AvgIpc) is 2.70. The Morgan fingerprint density at radius 3 is 2.75 bits per heavy atom. The molecule has 0 saturated carbocycles. The topological polar surface area (TPSA) is 60.9 Å². The van der Waals surface area contributed by atoms with Crippen molar-refractivity contribution in [2.45, 2.75) is 23.5 Å². The molecule has 2 unspecified atom stereocenters. The third kappa shape index (κ3) is 3.32. The Labute approximate surface area is 124 Å². The van der Waals surface area contributed by atoms with Crippen LogP contribution in [0.4, 0.5) is 0 Å². The predicted molar refractivity (Wildman–Crippen MR) is 78.3 cm³/mol. The first-order chi connectivity index (χ1) is 9.30. The minimum Gasteiger partial charge on any atom is -0.392 e. The van der Waals surface area contributed by atoms with E-state index in [4.69, 9.17) is 11.6 Å². The van der Waals surface area contributed by atoms with Gasteiger partial charge in [0.25, 0.3) is 0 Å². The first-order valence-corrected chi connectivity index (χ1v) is 8.22. The molecule has 20 heavy (non-hydrogen) atoms. The van der Waals surface area contributed by atoms with E-state index in [0.717, 1.165) is 0 Å². The number of benzene rings is 1. The number of aliphatic hydroxyl groups is 1. The first-order valence-electron chi connectivity index (χ1n) is 6.41. The summed E-state index contributed by atoms with van der Waals surface area (Å²) in [6, 6.07) is 6.00. The van der Waals surface area contributed by atoms with Gasteiger partial charge in [0.2, 0.25) is 10.0 Å². The standard InChI is InChI=1S/C13H19ClN2O3S/c1-15(2)8-11-7-12(17)9-16(11)20(18,19)13-5-3-4-10(14)6-13/h3-6,11-12,17H,7-9H2,1-2H3. The fourth-order valence-corrected chi connectivity index (χ4v) is 4.47. The smallest absolute Gasteiger partial charge is 0.243 e. The quantitative estimate of drug-likeness (QED) is 0.900. The molecule has 7 heteroatoms. The molecule has 0 bridgehead atoms. The van der Waals surface area contributed by atoms with Crippen molar-refractivity contribution in [3.05, 3.63) is 29.3 Å². The molecular weight excluding hydrogens is 300 g/mol. The summed E-state index contributed by atoms with van der Waals surface area (Å²) >= 11 is 5.87. The number of β-amino-alcohol motifs (C(OH)–C–C–N with tert-alkyl or cyclic N) is 1. The Morgan fingerprint density at radius 1 is 1.45 bits per heavy atom. The molecule has 112 valence electrons. The monoisotopic (exact) mass is 318 g/mol. The number of rotatable bonds is 4. The SMILES string of the molecule is CN(C)CC1CC(O)CN1S(=O)(=O)c1cccc(Cl)c1. The summed E-state index contributed by atoms with van der Waals surface area (Å²) in [6.45, 7) is 0.713. The Bertz CT molecular complexity index is 577. The van der Waals surface area contributed by atoms with Crippen LogP contribution >= 0.6 is 11.6 Å². The molecule has 1 aromatic rings. The molecule has 1 aliphatic heterocycles. The van der Waals surface area contributed by atoms with Gasteiger partial charge in [-0.3, -0.25) is 0 Å². The van der Waals surface area contributed by atoms with Crippen LogP contribution in [-0.2, 0) is 10.0 Å². The van der Waals surface area contributed by atoms with Crippen LogP contribution in [0.5, 0.6) is 0 Å². The van der Waals surface area contributed by atoms with Gasteiger partial charge in [-0.2, -0.15) is 4.31 Å². The van der Waals surface area contributed by atoms with E-state index >= 15 is 0 Å². The van der Waals surface area contributed by atoms with Gasteiger partial charge in [-0.25, -0.2) is 8.42 Å². The van der Waals surface area contributed by atoms with Gasteiger partial charge in [-0.15, -0.1) is 0 Å². The van der Waals surface area contributed by atoms with Crippen LogP contribution in [0.15, 0.2) is 29.2 Å². The second kappa shape index (κ2) is 5.99. The van der Waals surface area contributed by atoms with E-state index in [1.165, 1.54) is 16.4 Å². The largest absolute Gasteiger partial charge is 0.392 e. The Morgan fingerprint density at radius 2 is 2.15 bits per heavy atom. The lowest BCUT2D eigenvalue weighted by Crippen LogP contribution is -2.41. The molecule has 0 aromatic heterocycles. The fraction of sp³-hybridized carbons (Fsp3) is 0.538. The van der Waals surface area contributed by atoms with Crippen molar-refractivity contribution in [2.75, 3.05) is 27.2 Å². The molecule has 0 radical (unpaired) electrons. The highest BCUT2D eigenvalue weighted by molar-refractivity contribution is 7.89. The molecular formula is C13H19ClN2O3S. The van der Waals surface area contributed by atoms with Crippen molar-refractivity contribution in [2.24, 2.45) is 0 Å². The molecule has 2 atom stereocenters. The highest BCUT2D eigenvalue weighted by atomic mass is 35.5. The number of nitrogens with zero attached hydrogens (tertiary/aromatic N) is 2. The zero-order chi connectivity index (χ0) is 14.9. The summed E-state index contributed by atoms with van der Waals surface area (Å²) in [6.07, 6.45) is -0.160. The second-order valence-corrected chi connectivity index (χ2v) is 7.66. The molecule has 2 rings (SSSR count). The van der Waals surface area contributed by atoms with Gasteiger partial charge < -0.3 is 10.0 Å². The Hall–Kier alpha value is -0.660. The van der Waals surface area contributed by atoms with Crippen LogP contribution in [0.2, 0.25) is 5.02 Å². The normalized spacial score (nSPS) is 24.4. The molecule has 1 heterocycles. The third-order valence-electron chi connectivity index (χ3n) is 3.32. The van der Waals surface area contributed by atoms with E-state index < -0.39 is 16.1 Å². The lowest BCUT2D eigenvalue weighted by Gasteiger charge is -2.26.